The average Bonchev–Trinajstić information content (AvgIpc) is 2.86. The summed E-state index contributed by atoms with van der Waals surface area (Å²) in [5.74, 6) is -1.27. The molecule has 2 aromatic heterocycles. The second kappa shape index (κ2) is 6.84. The van der Waals surface area contributed by atoms with E-state index in [2.05, 4.69) is 15.0 Å². The largest absolute Gasteiger partial charge is 0.476 e. The number of carboxylic acid groups (broad SMARTS) is 1. The van der Waals surface area contributed by atoms with Gasteiger partial charge in [-0.2, -0.15) is 4.98 Å². The Morgan fingerprint density at radius 2 is 2.22 bits per heavy atom. The number of nitro groups is 1. The Morgan fingerprint density at radius 3 is 2.78 bits per heavy atom. The Kier molecular flexibility index (Phi) is 5.06. The standard InChI is InChI=1S/C12H12ClN5O4S/c1-3-4-17(10-8(11(19)20)15-6(2)23-10)9-7(18(21)22)5-14-12(13)16-9/h5H,3-4H2,1-2H3,(H,19,20). The fourth-order valence-electron chi connectivity index (χ4n) is 1.94. The van der Waals surface area contributed by atoms with Crippen molar-refractivity contribution in [2.24, 2.45) is 0 Å². The number of carbonyl (C=O) groups is 1. The van der Waals surface area contributed by atoms with E-state index in [-0.39, 0.29) is 27.5 Å². The molecule has 0 aromatic carbocycles. The van der Waals surface area contributed by atoms with Crippen LogP contribution < -0.4 is 4.90 Å². The summed E-state index contributed by atoms with van der Waals surface area (Å²) < 4.78 is 0. The number of aryl methyl sites for hydroxylation is 1. The van der Waals surface area contributed by atoms with Crippen molar-refractivity contribution in [1.82, 2.24) is 15.0 Å². The minimum absolute atomic E-state index is 0.0528. The Hall–Kier alpha value is -2.33. The van der Waals surface area contributed by atoms with Gasteiger partial charge in [0.05, 0.1) is 9.93 Å². The third-order valence-corrected chi connectivity index (χ3v) is 3.96. The summed E-state index contributed by atoms with van der Waals surface area (Å²) in [4.78, 5) is 34.9. The lowest BCUT2D eigenvalue weighted by Gasteiger charge is -2.21. The second-order valence-electron chi connectivity index (χ2n) is 4.45. The molecule has 0 amide bonds. The van der Waals surface area contributed by atoms with Gasteiger partial charge in [0.2, 0.25) is 11.1 Å². The molecule has 0 aliphatic carbocycles. The lowest BCUT2D eigenvalue weighted by molar-refractivity contribution is -0.384. The molecule has 11 heteroatoms. The molecule has 0 bridgehead atoms. The lowest BCUT2D eigenvalue weighted by Crippen LogP contribution is -2.22. The van der Waals surface area contributed by atoms with Crippen LogP contribution in [0.2, 0.25) is 5.28 Å². The number of nitrogens with zero attached hydrogens (tertiary/aromatic N) is 5. The highest BCUT2D eigenvalue weighted by Crippen LogP contribution is 2.37. The first-order valence-electron chi connectivity index (χ1n) is 6.50. The number of carboxylic acids is 1. The van der Waals surface area contributed by atoms with Crippen LogP contribution in [0.5, 0.6) is 0 Å². The van der Waals surface area contributed by atoms with Gasteiger partial charge in [-0.25, -0.2) is 14.8 Å². The molecule has 0 spiro atoms. The number of hydrogen-bond acceptors (Lipinski definition) is 8. The minimum Gasteiger partial charge on any atom is -0.476 e. The van der Waals surface area contributed by atoms with E-state index in [1.807, 2.05) is 6.92 Å². The molecule has 122 valence electrons. The molecule has 1 N–H and O–H groups in total. The van der Waals surface area contributed by atoms with Crippen LogP contribution in [0.3, 0.4) is 0 Å². The van der Waals surface area contributed by atoms with Crippen LogP contribution in [0.4, 0.5) is 16.5 Å². The zero-order chi connectivity index (χ0) is 17.1. The second-order valence-corrected chi connectivity index (χ2v) is 5.97. The van der Waals surface area contributed by atoms with E-state index in [9.17, 15) is 20.0 Å². The van der Waals surface area contributed by atoms with Crippen LogP contribution >= 0.6 is 22.9 Å². The maximum atomic E-state index is 11.4. The minimum atomic E-state index is -1.21. The molecule has 23 heavy (non-hydrogen) atoms. The average molecular weight is 358 g/mol. The van der Waals surface area contributed by atoms with Crippen molar-refractivity contribution < 1.29 is 14.8 Å². The van der Waals surface area contributed by atoms with Gasteiger partial charge in [0, 0.05) is 6.54 Å². The molecule has 0 atom stereocenters. The third kappa shape index (κ3) is 3.54. The molecule has 2 aromatic rings. The van der Waals surface area contributed by atoms with E-state index in [4.69, 9.17) is 11.6 Å². The number of hydrogen-bond donors (Lipinski definition) is 1. The van der Waals surface area contributed by atoms with Crippen LogP contribution in [-0.4, -0.2) is 37.5 Å². The lowest BCUT2D eigenvalue weighted by atomic mass is 10.3. The van der Waals surface area contributed by atoms with Gasteiger partial charge in [0.1, 0.15) is 11.2 Å². The zero-order valence-corrected chi connectivity index (χ0v) is 13.8. The first-order chi connectivity index (χ1) is 10.8. The number of aromatic nitrogens is 3. The van der Waals surface area contributed by atoms with E-state index in [1.165, 1.54) is 4.90 Å². The van der Waals surface area contributed by atoms with E-state index in [1.54, 1.807) is 6.92 Å². The van der Waals surface area contributed by atoms with E-state index < -0.39 is 10.9 Å². The van der Waals surface area contributed by atoms with E-state index in [0.717, 1.165) is 17.5 Å². The summed E-state index contributed by atoms with van der Waals surface area (Å²) in [6.07, 6.45) is 1.61. The molecule has 0 unspecified atom stereocenters. The summed E-state index contributed by atoms with van der Waals surface area (Å²) in [6, 6.07) is 0. The first-order valence-corrected chi connectivity index (χ1v) is 7.69. The topological polar surface area (TPSA) is 122 Å². The zero-order valence-electron chi connectivity index (χ0n) is 12.2. The molecule has 0 radical (unpaired) electrons. The SMILES string of the molecule is CCCN(c1nc(Cl)ncc1[N+](=O)[O-])c1sc(C)nc1C(=O)O. The predicted molar refractivity (Wildman–Crippen MR) is 84.8 cm³/mol. The molecule has 0 aliphatic heterocycles. The van der Waals surface area contributed by atoms with Crippen molar-refractivity contribution in [3.63, 3.8) is 0 Å². The molecule has 0 saturated carbocycles. The van der Waals surface area contributed by atoms with Crippen molar-refractivity contribution in [2.45, 2.75) is 20.3 Å². The molecule has 2 heterocycles. The number of rotatable bonds is 6. The number of thiazole rings is 1. The normalized spacial score (nSPS) is 10.6. The highest BCUT2D eigenvalue weighted by molar-refractivity contribution is 7.16. The maximum Gasteiger partial charge on any atom is 0.357 e. The Balaban J connectivity index is 2.67. The molecule has 0 saturated heterocycles. The maximum absolute atomic E-state index is 11.4. The highest BCUT2D eigenvalue weighted by atomic mass is 35.5. The number of aromatic carboxylic acids is 1. The fourth-order valence-corrected chi connectivity index (χ4v) is 3.00. The van der Waals surface area contributed by atoms with Crippen LogP contribution in [0.25, 0.3) is 0 Å². The van der Waals surface area contributed by atoms with Gasteiger partial charge in [0.15, 0.2) is 5.69 Å². The Labute approximate surface area is 139 Å². The summed E-state index contributed by atoms with van der Waals surface area (Å²) in [7, 11) is 0. The quantitative estimate of drug-likeness (QED) is 0.475. The van der Waals surface area contributed by atoms with Crippen molar-refractivity contribution in [3.8, 4) is 0 Å². The summed E-state index contributed by atoms with van der Waals surface area (Å²) in [5, 5.41) is 21.2. The molecule has 0 aliphatic rings. The van der Waals surface area contributed by atoms with Crippen LogP contribution in [0.1, 0.15) is 28.8 Å². The molecular weight excluding hydrogens is 346 g/mol. The predicted octanol–water partition coefficient (Wildman–Crippen LogP) is 3.05. The monoisotopic (exact) mass is 357 g/mol. The summed E-state index contributed by atoms with van der Waals surface area (Å²) in [5.41, 5.74) is -0.532. The van der Waals surface area contributed by atoms with Gasteiger partial charge in [0.25, 0.3) is 0 Å². The first kappa shape index (κ1) is 17.0. The van der Waals surface area contributed by atoms with Gasteiger partial charge in [-0.05, 0) is 24.9 Å². The highest BCUT2D eigenvalue weighted by Gasteiger charge is 2.29. The van der Waals surface area contributed by atoms with Crippen LogP contribution in [0, 0.1) is 17.0 Å². The van der Waals surface area contributed by atoms with Crippen molar-refractivity contribution in [1.29, 1.82) is 0 Å². The van der Waals surface area contributed by atoms with Crippen LogP contribution in [-0.2, 0) is 0 Å². The molecular formula is C12H12ClN5O4S. The summed E-state index contributed by atoms with van der Waals surface area (Å²) >= 11 is 6.88. The summed E-state index contributed by atoms with van der Waals surface area (Å²) in [6.45, 7) is 3.83. The van der Waals surface area contributed by atoms with E-state index >= 15 is 0 Å². The molecule has 9 nitrogen and oxygen atoms in total. The van der Waals surface area contributed by atoms with E-state index in [0.29, 0.717) is 18.0 Å². The van der Waals surface area contributed by atoms with Crippen molar-refractivity contribution >= 4 is 45.4 Å². The number of anilines is 2. The molecule has 2 rings (SSSR count). The van der Waals surface area contributed by atoms with Crippen molar-refractivity contribution in [2.75, 3.05) is 11.4 Å². The smallest absolute Gasteiger partial charge is 0.357 e. The molecule has 0 fully saturated rings. The third-order valence-electron chi connectivity index (χ3n) is 2.78. The van der Waals surface area contributed by atoms with Gasteiger partial charge in [-0.1, -0.05) is 6.92 Å². The van der Waals surface area contributed by atoms with Crippen molar-refractivity contribution in [3.05, 3.63) is 32.3 Å². The Morgan fingerprint density at radius 1 is 1.52 bits per heavy atom. The van der Waals surface area contributed by atoms with Gasteiger partial charge in [-0.15, -0.1) is 11.3 Å². The Bertz CT molecular complexity index is 766. The number of halogens is 1. The van der Waals surface area contributed by atoms with Crippen LogP contribution in [0.15, 0.2) is 6.20 Å². The van der Waals surface area contributed by atoms with Gasteiger partial charge >= 0.3 is 11.7 Å². The van der Waals surface area contributed by atoms with Gasteiger partial charge < -0.3 is 10.0 Å². The van der Waals surface area contributed by atoms with Gasteiger partial charge in [-0.3, -0.25) is 10.1 Å². The fraction of sp³-hybridized carbons (Fsp3) is 0.333.